The molecule has 2 aromatic carbocycles. The van der Waals surface area contributed by atoms with Gasteiger partial charge in [-0.15, -0.1) is 0 Å². The summed E-state index contributed by atoms with van der Waals surface area (Å²) >= 11 is 0. The van der Waals surface area contributed by atoms with E-state index < -0.39 is 5.97 Å². The molecule has 0 saturated carbocycles. The highest BCUT2D eigenvalue weighted by Crippen LogP contribution is 2.31. The first-order valence-electron chi connectivity index (χ1n) is 8.31. The van der Waals surface area contributed by atoms with E-state index in [4.69, 9.17) is 9.47 Å². The molecule has 1 aliphatic rings. The zero-order valence-corrected chi connectivity index (χ0v) is 15.0. The molecular formula is C20H21NO5. The van der Waals surface area contributed by atoms with E-state index in [9.17, 15) is 14.7 Å². The number of hydrogen-bond acceptors (Lipinski definition) is 4. The molecule has 2 aromatic rings. The number of aromatic carboxylic acids is 1. The standard InChI is InChI=1S/C20H21NO5/c1-12-8-17(25-2)18(26-3)10-16(12)19(22)21-7-6-13-4-5-14(20(23)24)9-15(13)11-21/h4-5,8-10H,6-7,11H2,1-3H3,(H,23,24). The lowest BCUT2D eigenvalue weighted by Gasteiger charge is -2.30. The molecule has 1 N–H and O–H groups in total. The van der Waals surface area contributed by atoms with Gasteiger partial charge in [-0.25, -0.2) is 4.79 Å². The molecule has 0 fully saturated rings. The molecule has 0 bridgehead atoms. The Balaban J connectivity index is 1.90. The number of carboxylic acids is 1. The number of amides is 1. The number of benzene rings is 2. The van der Waals surface area contributed by atoms with Crippen LogP contribution in [0.3, 0.4) is 0 Å². The van der Waals surface area contributed by atoms with E-state index in [1.54, 1.807) is 36.3 Å². The lowest BCUT2D eigenvalue weighted by Crippen LogP contribution is -2.36. The number of nitrogens with zero attached hydrogens (tertiary/aromatic N) is 1. The molecule has 0 saturated heterocycles. The number of fused-ring (bicyclic) bond motifs is 1. The van der Waals surface area contributed by atoms with Crippen molar-refractivity contribution in [1.82, 2.24) is 4.90 Å². The summed E-state index contributed by atoms with van der Waals surface area (Å²) < 4.78 is 10.6. The lowest BCUT2D eigenvalue weighted by molar-refractivity contribution is 0.0696. The number of aryl methyl sites for hydroxylation is 1. The molecule has 0 aliphatic carbocycles. The third-order valence-electron chi connectivity index (χ3n) is 4.71. The molecule has 1 amide bonds. The molecular weight excluding hydrogens is 334 g/mol. The van der Waals surface area contributed by atoms with Crippen LogP contribution in [0.5, 0.6) is 11.5 Å². The van der Waals surface area contributed by atoms with Crippen molar-refractivity contribution in [3.63, 3.8) is 0 Å². The Morgan fingerprint density at radius 3 is 2.38 bits per heavy atom. The fraction of sp³-hybridized carbons (Fsp3) is 0.300. The van der Waals surface area contributed by atoms with Gasteiger partial charge in [0.25, 0.3) is 5.91 Å². The Hall–Kier alpha value is -3.02. The fourth-order valence-electron chi connectivity index (χ4n) is 3.24. The van der Waals surface area contributed by atoms with Crippen LogP contribution in [-0.2, 0) is 13.0 Å². The van der Waals surface area contributed by atoms with Crippen molar-refractivity contribution in [2.75, 3.05) is 20.8 Å². The molecule has 0 atom stereocenters. The predicted octanol–water partition coefficient (Wildman–Crippen LogP) is 2.91. The van der Waals surface area contributed by atoms with Crippen molar-refractivity contribution >= 4 is 11.9 Å². The highest BCUT2D eigenvalue weighted by atomic mass is 16.5. The second-order valence-corrected chi connectivity index (χ2v) is 6.29. The van der Waals surface area contributed by atoms with Gasteiger partial charge in [0.05, 0.1) is 19.8 Å². The predicted molar refractivity (Wildman–Crippen MR) is 96.1 cm³/mol. The highest BCUT2D eigenvalue weighted by molar-refractivity contribution is 5.96. The number of carbonyl (C=O) groups excluding carboxylic acids is 1. The van der Waals surface area contributed by atoms with Gasteiger partial charge in [-0.2, -0.15) is 0 Å². The van der Waals surface area contributed by atoms with Crippen LogP contribution < -0.4 is 9.47 Å². The summed E-state index contributed by atoms with van der Waals surface area (Å²) in [4.78, 5) is 26.0. The highest BCUT2D eigenvalue weighted by Gasteiger charge is 2.25. The van der Waals surface area contributed by atoms with Crippen LogP contribution in [0.25, 0.3) is 0 Å². The number of ether oxygens (including phenoxy) is 2. The smallest absolute Gasteiger partial charge is 0.335 e. The molecule has 0 radical (unpaired) electrons. The van der Waals surface area contributed by atoms with Crippen LogP contribution in [0.4, 0.5) is 0 Å². The summed E-state index contributed by atoms with van der Waals surface area (Å²) in [5.41, 5.74) is 3.56. The summed E-state index contributed by atoms with van der Waals surface area (Å²) in [6.45, 7) is 2.84. The molecule has 6 nitrogen and oxygen atoms in total. The number of rotatable bonds is 4. The number of hydrogen-bond donors (Lipinski definition) is 1. The van der Waals surface area contributed by atoms with Gasteiger partial charge in [-0.3, -0.25) is 4.79 Å². The minimum Gasteiger partial charge on any atom is -0.493 e. The van der Waals surface area contributed by atoms with Crippen molar-refractivity contribution in [3.05, 3.63) is 58.1 Å². The van der Waals surface area contributed by atoms with E-state index in [1.807, 2.05) is 13.0 Å². The molecule has 0 aromatic heterocycles. The zero-order chi connectivity index (χ0) is 18.8. The van der Waals surface area contributed by atoms with Crippen molar-refractivity contribution in [1.29, 1.82) is 0 Å². The molecule has 26 heavy (non-hydrogen) atoms. The van der Waals surface area contributed by atoms with Gasteiger partial charge >= 0.3 is 5.97 Å². The normalized spacial score (nSPS) is 13.1. The molecule has 0 spiro atoms. The lowest BCUT2D eigenvalue weighted by atomic mass is 9.96. The SMILES string of the molecule is COc1cc(C)c(C(=O)N2CCc3ccc(C(=O)O)cc3C2)cc1OC. The van der Waals surface area contributed by atoms with Gasteiger partial charge in [-0.1, -0.05) is 6.07 Å². The monoisotopic (exact) mass is 355 g/mol. The Kier molecular flexibility index (Phi) is 4.84. The van der Waals surface area contributed by atoms with E-state index in [2.05, 4.69) is 0 Å². The van der Waals surface area contributed by atoms with Crippen LogP contribution in [0, 0.1) is 6.92 Å². The maximum Gasteiger partial charge on any atom is 0.335 e. The largest absolute Gasteiger partial charge is 0.493 e. The average Bonchev–Trinajstić information content (AvgIpc) is 2.66. The Morgan fingerprint density at radius 1 is 1.04 bits per heavy atom. The molecule has 136 valence electrons. The van der Waals surface area contributed by atoms with Crippen LogP contribution >= 0.6 is 0 Å². The number of carboxylic acid groups (broad SMARTS) is 1. The van der Waals surface area contributed by atoms with Crippen LogP contribution in [-0.4, -0.2) is 42.6 Å². The van der Waals surface area contributed by atoms with Gasteiger partial charge < -0.3 is 19.5 Å². The van der Waals surface area contributed by atoms with E-state index in [-0.39, 0.29) is 11.5 Å². The first-order valence-corrected chi connectivity index (χ1v) is 8.31. The van der Waals surface area contributed by atoms with E-state index in [0.29, 0.717) is 36.6 Å². The quantitative estimate of drug-likeness (QED) is 0.913. The number of methoxy groups -OCH3 is 2. The van der Waals surface area contributed by atoms with Crippen molar-refractivity contribution in [2.45, 2.75) is 19.9 Å². The Morgan fingerprint density at radius 2 is 1.73 bits per heavy atom. The van der Waals surface area contributed by atoms with Gasteiger partial charge in [0.1, 0.15) is 0 Å². The topological polar surface area (TPSA) is 76.1 Å². The summed E-state index contributed by atoms with van der Waals surface area (Å²) in [7, 11) is 3.09. The summed E-state index contributed by atoms with van der Waals surface area (Å²) in [6.07, 6.45) is 0.702. The third kappa shape index (κ3) is 3.22. The maximum atomic E-state index is 13.0. The van der Waals surface area contributed by atoms with Gasteiger partial charge in [0, 0.05) is 18.7 Å². The molecule has 1 heterocycles. The minimum atomic E-state index is -0.966. The van der Waals surface area contributed by atoms with Crippen molar-refractivity contribution in [3.8, 4) is 11.5 Å². The van der Waals surface area contributed by atoms with E-state index >= 15 is 0 Å². The molecule has 3 rings (SSSR count). The molecule has 6 heteroatoms. The van der Waals surface area contributed by atoms with Crippen LogP contribution in [0.2, 0.25) is 0 Å². The third-order valence-corrected chi connectivity index (χ3v) is 4.71. The van der Waals surface area contributed by atoms with Crippen molar-refractivity contribution < 1.29 is 24.2 Å². The average molecular weight is 355 g/mol. The van der Waals surface area contributed by atoms with E-state index in [1.165, 1.54) is 7.11 Å². The fourth-order valence-corrected chi connectivity index (χ4v) is 3.24. The van der Waals surface area contributed by atoms with Crippen molar-refractivity contribution in [2.24, 2.45) is 0 Å². The summed E-state index contributed by atoms with van der Waals surface area (Å²) in [5.74, 6) is 0.0190. The maximum absolute atomic E-state index is 13.0. The van der Waals surface area contributed by atoms with Gasteiger partial charge in [-0.05, 0) is 54.3 Å². The zero-order valence-electron chi connectivity index (χ0n) is 15.0. The Bertz CT molecular complexity index is 875. The summed E-state index contributed by atoms with van der Waals surface area (Å²) in [5, 5.41) is 9.18. The minimum absolute atomic E-state index is 0.102. The second kappa shape index (κ2) is 7.07. The van der Waals surface area contributed by atoms with Crippen LogP contribution in [0.1, 0.15) is 37.4 Å². The molecule has 0 unspecified atom stereocenters. The van der Waals surface area contributed by atoms with Crippen LogP contribution in [0.15, 0.2) is 30.3 Å². The van der Waals surface area contributed by atoms with E-state index in [0.717, 1.165) is 16.7 Å². The first-order chi connectivity index (χ1) is 12.4. The van der Waals surface area contributed by atoms with Gasteiger partial charge in [0.2, 0.25) is 0 Å². The second-order valence-electron chi connectivity index (χ2n) is 6.29. The summed E-state index contributed by atoms with van der Waals surface area (Å²) in [6, 6.07) is 8.57. The Labute approximate surface area is 152 Å². The first kappa shape index (κ1) is 17.8. The number of carbonyl (C=O) groups is 2. The molecule has 1 aliphatic heterocycles. The van der Waals surface area contributed by atoms with Gasteiger partial charge in [0.15, 0.2) is 11.5 Å².